The lowest BCUT2D eigenvalue weighted by atomic mass is 10.1. The molecule has 0 radical (unpaired) electrons. The number of benzene rings is 4. The molecule has 0 heterocycles. The molecule has 0 aliphatic rings. The van der Waals surface area contributed by atoms with E-state index < -0.39 is 44.1 Å². The van der Waals surface area contributed by atoms with Gasteiger partial charge < -0.3 is 28.5 Å². The summed E-state index contributed by atoms with van der Waals surface area (Å²) >= 11 is 0. The number of ether oxygens (including phenoxy) is 2. The number of hydrogen-bond donors (Lipinski definition) is 6. The number of carbonyl (C=O) groups is 4. The van der Waals surface area contributed by atoms with Gasteiger partial charge in [0.15, 0.2) is 0 Å². The molecule has 18 nitrogen and oxygen atoms in total. The summed E-state index contributed by atoms with van der Waals surface area (Å²) in [4.78, 5) is 49.1. The van der Waals surface area contributed by atoms with Gasteiger partial charge in [0.2, 0.25) is 23.7 Å². The Hall–Kier alpha value is -5.90. The van der Waals surface area contributed by atoms with Crippen molar-refractivity contribution in [3.05, 3.63) is 119 Å². The highest BCUT2D eigenvalue weighted by Gasteiger charge is 2.25. The first kappa shape index (κ1) is 44.8. The fraction of sp³-hybridized carbons (Fsp3) is 0.263. The summed E-state index contributed by atoms with van der Waals surface area (Å²) in [6, 6.07) is 26.3. The monoisotopic (exact) mass is 840 g/mol. The molecule has 0 saturated heterocycles. The fourth-order valence-corrected chi connectivity index (χ4v) is 6.51. The van der Waals surface area contributed by atoms with Crippen LogP contribution in [0.2, 0.25) is 0 Å². The van der Waals surface area contributed by atoms with Gasteiger partial charge >= 0.3 is 32.2 Å². The zero-order chi connectivity index (χ0) is 42.0. The molecule has 0 saturated carbocycles. The van der Waals surface area contributed by atoms with E-state index in [4.69, 9.17) is 20.1 Å². The summed E-state index contributed by atoms with van der Waals surface area (Å²) in [7, 11) is -9.19. The summed E-state index contributed by atoms with van der Waals surface area (Å²) in [6.45, 7) is 1.22. The summed E-state index contributed by atoms with van der Waals surface area (Å²) in [6.07, 6.45) is 2.10. The highest BCUT2D eigenvalue weighted by atomic mass is 32.2. The van der Waals surface area contributed by atoms with Gasteiger partial charge in [-0.3, -0.25) is 32.1 Å². The molecule has 0 fully saturated rings. The van der Waals surface area contributed by atoms with Gasteiger partial charge in [-0.1, -0.05) is 48.5 Å². The van der Waals surface area contributed by atoms with Crippen LogP contribution in [-0.2, 0) is 74.6 Å². The summed E-state index contributed by atoms with van der Waals surface area (Å²) in [5.74, 6) is 3.34. The van der Waals surface area contributed by atoms with E-state index >= 15 is 0 Å². The van der Waals surface area contributed by atoms with Gasteiger partial charge in [0, 0.05) is 37.3 Å². The number of nitrogens with one attached hydrogen (secondary N) is 4. The van der Waals surface area contributed by atoms with Crippen LogP contribution >= 0.6 is 0 Å². The molecule has 20 heteroatoms. The second kappa shape index (κ2) is 22.1. The minimum absolute atomic E-state index is 0.0775. The topological polar surface area (TPSA) is 274 Å². The number of nitrogens with two attached hydrogens (primary N) is 2. The third-order valence-corrected chi connectivity index (χ3v) is 9.66. The van der Waals surface area contributed by atoms with Gasteiger partial charge in [-0.15, -0.1) is 0 Å². The number of aryl methyl sites for hydroxylation is 2. The molecule has 58 heavy (non-hydrogen) atoms. The minimum Gasteiger partial charge on any atom is -0.437 e. The Bertz CT molecular complexity index is 2080. The van der Waals surface area contributed by atoms with E-state index in [1.165, 1.54) is 36.4 Å². The van der Waals surface area contributed by atoms with Gasteiger partial charge in [0.25, 0.3) is 0 Å². The van der Waals surface area contributed by atoms with Crippen LogP contribution in [0.3, 0.4) is 0 Å². The van der Waals surface area contributed by atoms with Crippen LogP contribution in [0.1, 0.15) is 35.1 Å². The molecule has 4 aromatic carbocycles. The van der Waals surface area contributed by atoms with Gasteiger partial charge in [-0.05, 0) is 96.5 Å². The van der Waals surface area contributed by atoms with Crippen LogP contribution in [0.4, 0.5) is 11.4 Å². The maximum atomic E-state index is 12.5. The number of rotatable bonds is 22. The Morgan fingerprint density at radius 3 is 1.24 bits per heavy atom. The molecule has 0 aliphatic carbocycles. The van der Waals surface area contributed by atoms with E-state index in [0.29, 0.717) is 35.6 Å². The molecule has 4 rings (SSSR count). The molecule has 0 aliphatic heterocycles. The van der Waals surface area contributed by atoms with Crippen molar-refractivity contribution >= 4 is 55.4 Å². The van der Waals surface area contributed by atoms with Crippen molar-refractivity contribution in [1.29, 1.82) is 0 Å². The third-order valence-electron chi connectivity index (χ3n) is 7.95. The largest absolute Gasteiger partial charge is 0.437 e. The Balaban J connectivity index is 1.17. The fourth-order valence-electron chi connectivity index (χ4n) is 5.12. The SMILES string of the molecule is NNCCc1ccc(NC(=O)CCc2cccc(OS(=O)(=O)COC(=O)C(=O)OCS(=O)(=O)Oc3cccc(CCC(=O)Nc4ccc(CCNN)cc4)c3)c2)cc1. The number of carbonyl (C=O) groups excluding carboxylic acids is 4. The summed E-state index contributed by atoms with van der Waals surface area (Å²) in [5.41, 5.74) is 9.60. The summed E-state index contributed by atoms with van der Waals surface area (Å²) in [5, 5.41) is 5.57. The van der Waals surface area contributed by atoms with Crippen LogP contribution < -0.4 is 41.5 Å². The summed E-state index contributed by atoms with van der Waals surface area (Å²) < 4.78 is 68.8. The van der Waals surface area contributed by atoms with E-state index in [1.807, 2.05) is 24.3 Å². The standard InChI is InChI=1S/C38H44N6O12S2/c39-41-21-19-27-7-13-31(14-8-27)43-35(45)17-11-29-3-1-5-33(23-29)55-57(49,50)25-53-37(47)38(48)54-26-58(51,52)56-34-6-2-4-30(24-34)12-18-36(46)44-32-15-9-28(10-16-32)20-22-42-40/h1-10,13-16,23-24,41-42H,11-12,17-22,25-26,39-40H2,(H,43,45)(H,44,46). The number of esters is 2. The molecule has 310 valence electrons. The molecule has 4 aromatic rings. The molecular formula is C38H44N6O12S2. The normalized spacial score (nSPS) is 11.3. The lowest BCUT2D eigenvalue weighted by molar-refractivity contribution is -0.165. The minimum atomic E-state index is -4.59. The average molecular weight is 841 g/mol. The quantitative estimate of drug-likeness (QED) is 0.0217. The van der Waals surface area contributed by atoms with E-state index in [-0.39, 0.29) is 49.0 Å². The first-order valence-electron chi connectivity index (χ1n) is 17.7. The predicted molar refractivity (Wildman–Crippen MR) is 212 cm³/mol. The predicted octanol–water partition coefficient (Wildman–Crippen LogP) is 1.96. The van der Waals surface area contributed by atoms with Crippen molar-refractivity contribution in [3.8, 4) is 11.5 Å². The Morgan fingerprint density at radius 2 is 0.879 bits per heavy atom. The second-order valence-electron chi connectivity index (χ2n) is 12.6. The molecule has 8 N–H and O–H groups in total. The first-order chi connectivity index (χ1) is 27.7. The molecule has 0 aromatic heterocycles. The number of anilines is 2. The van der Waals surface area contributed by atoms with Crippen molar-refractivity contribution in [2.45, 2.75) is 38.5 Å². The van der Waals surface area contributed by atoms with Gasteiger partial charge in [0.05, 0.1) is 0 Å². The van der Waals surface area contributed by atoms with Crippen LogP contribution in [0, 0.1) is 0 Å². The molecule has 2 amide bonds. The van der Waals surface area contributed by atoms with Crippen LogP contribution in [0.5, 0.6) is 11.5 Å². The maximum Gasteiger partial charge on any atom is 0.418 e. The molecule has 0 unspecified atom stereocenters. The zero-order valence-electron chi connectivity index (χ0n) is 31.2. The Morgan fingerprint density at radius 1 is 0.500 bits per heavy atom. The highest BCUT2D eigenvalue weighted by Crippen LogP contribution is 2.20. The third kappa shape index (κ3) is 16.3. The highest BCUT2D eigenvalue weighted by molar-refractivity contribution is 7.87. The smallest absolute Gasteiger partial charge is 0.418 e. The van der Waals surface area contributed by atoms with E-state index in [0.717, 1.165) is 24.0 Å². The van der Waals surface area contributed by atoms with Crippen LogP contribution in [-0.4, -0.2) is 65.6 Å². The van der Waals surface area contributed by atoms with E-state index in [1.54, 1.807) is 36.4 Å². The van der Waals surface area contributed by atoms with Crippen molar-refractivity contribution in [3.63, 3.8) is 0 Å². The van der Waals surface area contributed by atoms with E-state index in [2.05, 4.69) is 31.0 Å². The van der Waals surface area contributed by atoms with Crippen molar-refractivity contribution in [2.24, 2.45) is 11.7 Å². The molecular weight excluding hydrogens is 797 g/mol. The van der Waals surface area contributed by atoms with Gasteiger partial charge in [0.1, 0.15) is 11.5 Å². The molecule has 0 bridgehead atoms. The number of amides is 2. The number of hydrazine groups is 2. The van der Waals surface area contributed by atoms with Crippen molar-refractivity contribution < 1.29 is 53.9 Å². The molecule has 0 spiro atoms. The number of hydrogen-bond acceptors (Lipinski definition) is 16. The van der Waals surface area contributed by atoms with Crippen LogP contribution in [0.25, 0.3) is 0 Å². The Labute approximate surface area is 335 Å². The first-order valence-corrected chi connectivity index (χ1v) is 20.9. The zero-order valence-corrected chi connectivity index (χ0v) is 32.8. The lowest BCUT2D eigenvalue weighted by Gasteiger charge is -2.10. The molecule has 0 atom stereocenters. The van der Waals surface area contributed by atoms with Gasteiger partial charge in [-0.2, -0.15) is 16.8 Å². The lowest BCUT2D eigenvalue weighted by Crippen LogP contribution is -2.28. The van der Waals surface area contributed by atoms with Crippen molar-refractivity contribution in [2.75, 3.05) is 35.6 Å². The van der Waals surface area contributed by atoms with Crippen LogP contribution in [0.15, 0.2) is 97.1 Å². The Kier molecular flexibility index (Phi) is 17.1. The van der Waals surface area contributed by atoms with Gasteiger partial charge in [-0.25, -0.2) is 9.59 Å². The second-order valence-corrected chi connectivity index (χ2v) is 15.6. The van der Waals surface area contributed by atoms with Crippen molar-refractivity contribution in [1.82, 2.24) is 10.9 Å². The average Bonchev–Trinajstić information content (AvgIpc) is 3.20. The van der Waals surface area contributed by atoms with E-state index in [9.17, 15) is 36.0 Å². The maximum absolute atomic E-state index is 12.5.